The second kappa shape index (κ2) is 10.0. The van der Waals surface area contributed by atoms with Crippen LogP contribution in [0.1, 0.15) is 43.8 Å². The van der Waals surface area contributed by atoms with Crippen molar-refractivity contribution in [3.63, 3.8) is 0 Å². The van der Waals surface area contributed by atoms with E-state index in [0.717, 1.165) is 46.7 Å². The van der Waals surface area contributed by atoms with Crippen molar-refractivity contribution in [2.45, 2.75) is 53.6 Å². The molecule has 1 amide bonds. The highest BCUT2D eigenvalue weighted by Crippen LogP contribution is 2.35. The van der Waals surface area contributed by atoms with Gasteiger partial charge in [0.05, 0.1) is 36.9 Å². The van der Waals surface area contributed by atoms with Crippen LogP contribution in [0.25, 0.3) is 0 Å². The van der Waals surface area contributed by atoms with Crippen molar-refractivity contribution >= 4 is 17.3 Å². The molecule has 0 unspecified atom stereocenters. The first-order valence-electron chi connectivity index (χ1n) is 10.9. The van der Waals surface area contributed by atoms with Crippen molar-refractivity contribution in [2.75, 3.05) is 24.4 Å². The van der Waals surface area contributed by atoms with Crippen molar-refractivity contribution < 1.29 is 9.53 Å². The second-order valence-corrected chi connectivity index (χ2v) is 8.64. The number of pyridine rings is 2. The Balaban J connectivity index is 0.00000306. The number of anilines is 2. The van der Waals surface area contributed by atoms with Crippen LogP contribution >= 0.6 is 0 Å². The maximum atomic E-state index is 12.5. The molecular formula is C25H34N6O2. The molecule has 8 nitrogen and oxygen atoms in total. The van der Waals surface area contributed by atoms with Crippen molar-refractivity contribution in [1.29, 1.82) is 0 Å². The van der Waals surface area contributed by atoms with Gasteiger partial charge in [-0.15, -0.1) is 0 Å². The Morgan fingerprint density at radius 3 is 2.64 bits per heavy atom. The molecule has 0 fully saturated rings. The molecule has 4 heterocycles. The molecule has 0 saturated carbocycles. The molecule has 3 aromatic rings. The molecule has 0 radical (unpaired) electrons. The number of rotatable bonds is 7. The van der Waals surface area contributed by atoms with Gasteiger partial charge in [-0.1, -0.05) is 27.3 Å². The van der Waals surface area contributed by atoms with Crippen molar-refractivity contribution in [1.82, 2.24) is 19.7 Å². The fraction of sp³-hybridized carbons (Fsp3) is 0.440. The van der Waals surface area contributed by atoms with Gasteiger partial charge in [0, 0.05) is 31.2 Å². The number of carbonyl (C=O) groups is 1. The third-order valence-corrected chi connectivity index (χ3v) is 5.89. The first-order valence-corrected chi connectivity index (χ1v) is 10.9. The molecule has 0 aliphatic carbocycles. The van der Waals surface area contributed by atoms with E-state index in [9.17, 15) is 4.79 Å². The van der Waals surface area contributed by atoms with Gasteiger partial charge in [-0.05, 0) is 42.9 Å². The van der Waals surface area contributed by atoms with Crippen LogP contribution in [-0.4, -0.2) is 45.9 Å². The molecule has 3 aromatic heterocycles. The van der Waals surface area contributed by atoms with Gasteiger partial charge in [0.1, 0.15) is 6.04 Å². The minimum atomic E-state index is -0.178. The molecule has 0 aromatic carbocycles. The predicted octanol–water partition coefficient (Wildman–Crippen LogP) is 3.87. The number of methoxy groups -OCH3 is 1. The Kier molecular flexibility index (Phi) is 7.36. The molecule has 8 heteroatoms. The van der Waals surface area contributed by atoms with Gasteiger partial charge in [0.15, 0.2) is 0 Å². The largest absolute Gasteiger partial charge is 0.481 e. The van der Waals surface area contributed by atoms with Crippen LogP contribution in [0.3, 0.4) is 0 Å². The van der Waals surface area contributed by atoms with Crippen LogP contribution in [0, 0.1) is 12.8 Å². The molecule has 176 valence electrons. The quantitative estimate of drug-likeness (QED) is 0.588. The number of likely N-dealkylation sites (N-methyl/N-ethyl adjacent to an activating group) is 1. The van der Waals surface area contributed by atoms with Crippen molar-refractivity contribution in [3.8, 4) is 5.88 Å². The third-order valence-electron chi connectivity index (χ3n) is 5.89. The van der Waals surface area contributed by atoms with Crippen LogP contribution in [-0.2, 0) is 24.2 Å². The SMILES string of the molecule is C.COc1ccc(Cn2cc(CCc3cc4c(c(C)n3)NC(=O)[C@H](C(C)C)N4C)cn2)cn1. The molecule has 33 heavy (non-hydrogen) atoms. The molecule has 4 rings (SSSR count). The summed E-state index contributed by atoms with van der Waals surface area (Å²) in [5.41, 5.74) is 5.94. The van der Waals surface area contributed by atoms with Crippen LogP contribution in [0.2, 0.25) is 0 Å². The van der Waals surface area contributed by atoms with E-state index in [1.165, 1.54) is 0 Å². The number of hydrogen-bond acceptors (Lipinski definition) is 6. The van der Waals surface area contributed by atoms with E-state index in [4.69, 9.17) is 9.72 Å². The highest BCUT2D eigenvalue weighted by molar-refractivity contribution is 6.04. The van der Waals surface area contributed by atoms with Gasteiger partial charge in [0.25, 0.3) is 0 Å². The lowest BCUT2D eigenvalue weighted by Gasteiger charge is -2.38. The molecule has 1 N–H and O–H groups in total. The zero-order valence-electron chi connectivity index (χ0n) is 19.3. The number of aryl methyl sites for hydroxylation is 3. The molecule has 1 atom stereocenters. The Morgan fingerprint density at radius 1 is 1.18 bits per heavy atom. The first kappa shape index (κ1) is 24.2. The van der Waals surface area contributed by atoms with Crippen LogP contribution in [0.4, 0.5) is 11.4 Å². The van der Waals surface area contributed by atoms with Gasteiger partial charge in [0.2, 0.25) is 11.8 Å². The van der Waals surface area contributed by atoms with Gasteiger partial charge >= 0.3 is 0 Å². The minimum absolute atomic E-state index is 0. The standard InChI is InChI=1S/C24H30N6O2.CH4/c1-15(2)23-24(31)28-22-16(3)27-19(10-20(22)29(23)4)8-6-18-12-26-30(14-18)13-17-7-9-21(32-5)25-11-17;/h7,9-12,14-15,23H,6,8,13H2,1-5H3,(H,28,31);1H4/t23-;/m0./s1. The molecule has 1 aliphatic rings. The maximum Gasteiger partial charge on any atom is 0.247 e. The summed E-state index contributed by atoms with van der Waals surface area (Å²) >= 11 is 0. The number of fused-ring (bicyclic) bond motifs is 1. The smallest absolute Gasteiger partial charge is 0.247 e. The Morgan fingerprint density at radius 2 is 1.97 bits per heavy atom. The Hall–Kier alpha value is -3.42. The molecular weight excluding hydrogens is 416 g/mol. The molecule has 1 aliphatic heterocycles. The molecule has 0 saturated heterocycles. The highest BCUT2D eigenvalue weighted by Gasteiger charge is 2.34. The Labute approximate surface area is 196 Å². The van der Waals surface area contributed by atoms with E-state index in [2.05, 4.69) is 46.4 Å². The first-order chi connectivity index (χ1) is 15.4. The van der Waals surface area contributed by atoms with Crippen molar-refractivity contribution in [3.05, 3.63) is 59.3 Å². The second-order valence-electron chi connectivity index (χ2n) is 8.64. The van der Waals surface area contributed by atoms with Crippen LogP contribution < -0.4 is 15.0 Å². The van der Waals surface area contributed by atoms with Gasteiger partial charge in [-0.3, -0.25) is 14.5 Å². The predicted molar refractivity (Wildman–Crippen MR) is 131 cm³/mol. The number of carbonyl (C=O) groups excluding carboxylic acids is 1. The Bertz CT molecular complexity index is 1110. The van der Waals surface area contributed by atoms with Gasteiger partial charge in [-0.25, -0.2) is 4.98 Å². The highest BCUT2D eigenvalue weighted by atomic mass is 16.5. The normalized spacial score (nSPS) is 15.2. The van der Waals surface area contributed by atoms with Crippen molar-refractivity contribution in [2.24, 2.45) is 5.92 Å². The fourth-order valence-corrected chi connectivity index (χ4v) is 4.26. The number of nitrogens with one attached hydrogen (secondary N) is 1. The lowest BCUT2D eigenvalue weighted by molar-refractivity contribution is -0.118. The average Bonchev–Trinajstić information content (AvgIpc) is 3.21. The van der Waals surface area contributed by atoms with Gasteiger partial charge < -0.3 is 15.0 Å². The zero-order valence-corrected chi connectivity index (χ0v) is 19.3. The fourth-order valence-electron chi connectivity index (χ4n) is 4.26. The maximum absolute atomic E-state index is 12.5. The van der Waals surface area contributed by atoms with E-state index in [1.807, 2.05) is 37.0 Å². The van der Waals surface area contributed by atoms with E-state index in [0.29, 0.717) is 12.4 Å². The lowest BCUT2D eigenvalue weighted by Crippen LogP contribution is -2.49. The van der Waals surface area contributed by atoms with E-state index in [1.54, 1.807) is 13.3 Å². The summed E-state index contributed by atoms with van der Waals surface area (Å²) in [4.78, 5) is 23.6. The number of ether oxygens (including phenoxy) is 1. The van der Waals surface area contributed by atoms with Crippen LogP contribution in [0.15, 0.2) is 36.8 Å². The van der Waals surface area contributed by atoms with Crippen LogP contribution in [0.5, 0.6) is 5.88 Å². The van der Waals surface area contributed by atoms with E-state index >= 15 is 0 Å². The topological polar surface area (TPSA) is 85.2 Å². The summed E-state index contributed by atoms with van der Waals surface area (Å²) in [7, 11) is 3.60. The summed E-state index contributed by atoms with van der Waals surface area (Å²) in [6.45, 7) is 6.75. The number of amides is 1. The zero-order chi connectivity index (χ0) is 22.8. The van der Waals surface area contributed by atoms with E-state index < -0.39 is 0 Å². The summed E-state index contributed by atoms with van der Waals surface area (Å²) in [6, 6.07) is 5.77. The van der Waals surface area contributed by atoms with E-state index in [-0.39, 0.29) is 25.3 Å². The number of aromatic nitrogens is 4. The third kappa shape index (κ3) is 5.16. The lowest BCUT2D eigenvalue weighted by atomic mass is 9.97. The monoisotopic (exact) mass is 450 g/mol. The number of hydrogen-bond donors (Lipinski definition) is 1. The number of nitrogens with zero attached hydrogens (tertiary/aromatic N) is 5. The summed E-state index contributed by atoms with van der Waals surface area (Å²) in [5, 5.41) is 7.54. The minimum Gasteiger partial charge on any atom is -0.481 e. The van der Waals surface area contributed by atoms with Gasteiger partial charge in [-0.2, -0.15) is 5.10 Å². The summed E-state index contributed by atoms with van der Waals surface area (Å²) in [5.74, 6) is 0.858. The summed E-state index contributed by atoms with van der Waals surface area (Å²) < 4.78 is 7.02. The molecule has 0 spiro atoms. The molecule has 0 bridgehead atoms. The summed E-state index contributed by atoms with van der Waals surface area (Å²) in [6.07, 6.45) is 7.42. The average molecular weight is 451 g/mol.